The first kappa shape index (κ1) is 8.87. The molecule has 12 heavy (non-hydrogen) atoms. The van der Waals surface area contributed by atoms with Crippen LogP contribution in [0, 0.1) is 5.82 Å². The van der Waals surface area contributed by atoms with Crippen molar-refractivity contribution in [2.45, 2.75) is 0 Å². The van der Waals surface area contributed by atoms with Crippen LogP contribution in [0.4, 0.5) is 10.1 Å². The van der Waals surface area contributed by atoms with Crippen LogP contribution in [0.15, 0.2) is 24.4 Å². The number of anilines is 1. The third kappa shape index (κ3) is 1.12. The molecule has 64 valence electrons. The molecule has 0 saturated carbocycles. The van der Waals surface area contributed by atoms with E-state index < -0.39 is 0 Å². The van der Waals surface area contributed by atoms with Gasteiger partial charge in [-0.2, -0.15) is 0 Å². The van der Waals surface area contributed by atoms with Crippen molar-refractivity contribution >= 4 is 29.0 Å². The van der Waals surface area contributed by atoms with Crippen LogP contribution >= 0.6 is 12.4 Å². The molecule has 0 saturated heterocycles. The van der Waals surface area contributed by atoms with Gasteiger partial charge in [0.05, 0.1) is 16.6 Å². The maximum Gasteiger partial charge on any atom is 0.134 e. The summed E-state index contributed by atoms with van der Waals surface area (Å²) in [5, 5.41) is 0.479. The molecule has 0 atom stereocenters. The lowest BCUT2D eigenvalue weighted by Gasteiger charge is -1.91. The summed E-state index contributed by atoms with van der Waals surface area (Å²) in [7, 11) is 0. The van der Waals surface area contributed by atoms with Gasteiger partial charge in [-0.15, -0.1) is 12.4 Å². The number of aromatic nitrogens is 1. The Morgan fingerprint density at radius 3 is 2.75 bits per heavy atom. The van der Waals surface area contributed by atoms with Crippen molar-refractivity contribution in [1.29, 1.82) is 0 Å². The summed E-state index contributed by atoms with van der Waals surface area (Å²) in [4.78, 5) is 2.86. The number of hydrogen-bond acceptors (Lipinski definition) is 1. The van der Waals surface area contributed by atoms with E-state index in [1.165, 1.54) is 6.07 Å². The third-order valence-corrected chi connectivity index (χ3v) is 1.69. The van der Waals surface area contributed by atoms with Gasteiger partial charge in [0.15, 0.2) is 0 Å². The number of benzene rings is 1. The maximum absolute atomic E-state index is 13.0. The number of H-pyrrole nitrogens is 1. The molecule has 4 heteroatoms. The minimum Gasteiger partial charge on any atom is -0.397 e. The quantitative estimate of drug-likeness (QED) is 0.652. The first-order valence-corrected chi connectivity index (χ1v) is 3.30. The second kappa shape index (κ2) is 3.03. The van der Waals surface area contributed by atoms with Gasteiger partial charge >= 0.3 is 0 Å². The third-order valence-electron chi connectivity index (χ3n) is 1.69. The Balaban J connectivity index is 0.000000720. The molecule has 1 aromatic carbocycles. The van der Waals surface area contributed by atoms with Crippen molar-refractivity contribution in [2.75, 3.05) is 5.73 Å². The van der Waals surface area contributed by atoms with E-state index in [1.807, 2.05) is 0 Å². The molecule has 3 N–H and O–H groups in total. The van der Waals surface area contributed by atoms with Gasteiger partial charge in [-0.25, -0.2) is 4.39 Å². The summed E-state index contributed by atoms with van der Waals surface area (Å²) < 4.78 is 13.0. The summed E-state index contributed by atoms with van der Waals surface area (Å²) in [6.45, 7) is 0. The monoisotopic (exact) mass is 186 g/mol. The Bertz CT molecular complexity index is 397. The van der Waals surface area contributed by atoms with E-state index in [1.54, 1.807) is 18.3 Å². The second-order valence-corrected chi connectivity index (χ2v) is 2.41. The second-order valence-electron chi connectivity index (χ2n) is 2.41. The first-order chi connectivity index (χ1) is 5.29. The van der Waals surface area contributed by atoms with E-state index in [0.29, 0.717) is 11.1 Å². The number of rotatable bonds is 0. The molecule has 0 bridgehead atoms. The van der Waals surface area contributed by atoms with Gasteiger partial charge in [-0.1, -0.05) is 6.07 Å². The average Bonchev–Trinajstić information content (AvgIpc) is 2.34. The highest BCUT2D eigenvalue weighted by molar-refractivity contribution is 5.91. The largest absolute Gasteiger partial charge is 0.397 e. The number of aromatic amines is 1. The molecule has 1 heterocycles. The van der Waals surface area contributed by atoms with Gasteiger partial charge in [0.1, 0.15) is 5.82 Å². The zero-order valence-electron chi connectivity index (χ0n) is 6.17. The molecule has 0 fully saturated rings. The lowest BCUT2D eigenvalue weighted by Crippen LogP contribution is -1.82. The molecule has 0 amide bonds. The van der Waals surface area contributed by atoms with E-state index in [2.05, 4.69) is 4.98 Å². The standard InChI is InChI=1S/C8H7FN2.ClH/c9-5-2-1-3-7-8(5)6(10)4-11-7;/h1-4,11H,10H2;1H. The SMILES string of the molecule is Cl.Nc1c[nH]c2cccc(F)c12. The van der Waals surface area contributed by atoms with Crippen molar-refractivity contribution in [2.24, 2.45) is 0 Å². The van der Waals surface area contributed by atoms with Gasteiger partial charge < -0.3 is 10.7 Å². The number of halogens is 2. The lowest BCUT2D eigenvalue weighted by molar-refractivity contribution is 0.640. The van der Waals surface area contributed by atoms with Crippen molar-refractivity contribution < 1.29 is 4.39 Å². The fourth-order valence-electron chi connectivity index (χ4n) is 1.17. The summed E-state index contributed by atoms with van der Waals surface area (Å²) in [5.41, 5.74) is 6.70. The van der Waals surface area contributed by atoms with Gasteiger partial charge in [0.25, 0.3) is 0 Å². The molecule has 0 aliphatic carbocycles. The topological polar surface area (TPSA) is 41.8 Å². The summed E-state index contributed by atoms with van der Waals surface area (Å²) >= 11 is 0. The Kier molecular flexibility index (Phi) is 2.24. The molecule has 2 rings (SSSR count). The van der Waals surface area contributed by atoms with Crippen LogP contribution in [0.5, 0.6) is 0 Å². The van der Waals surface area contributed by atoms with Gasteiger partial charge in [-0.05, 0) is 12.1 Å². The Morgan fingerprint density at radius 2 is 2.08 bits per heavy atom. The van der Waals surface area contributed by atoms with E-state index in [0.717, 1.165) is 5.52 Å². The van der Waals surface area contributed by atoms with Crippen LogP contribution in [0.25, 0.3) is 10.9 Å². The summed E-state index contributed by atoms with van der Waals surface area (Å²) in [5.74, 6) is -0.277. The van der Waals surface area contributed by atoms with Crippen molar-refractivity contribution in [3.05, 3.63) is 30.2 Å². The Labute approximate surface area is 75.0 Å². The highest BCUT2D eigenvalue weighted by Crippen LogP contribution is 2.22. The molecule has 0 aliphatic rings. The van der Waals surface area contributed by atoms with Gasteiger partial charge in [-0.3, -0.25) is 0 Å². The first-order valence-electron chi connectivity index (χ1n) is 3.30. The van der Waals surface area contributed by atoms with E-state index >= 15 is 0 Å². The van der Waals surface area contributed by atoms with E-state index in [9.17, 15) is 4.39 Å². The molecular formula is C8H8ClFN2. The summed E-state index contributed by atoms with van der Waals surface area (Å²) in [6.07, 6.45) is 1.59. The van der Waals surface area contributed by atoms with Crippen LogP contribution in [-0.4, -0.2) is 4.98 Å². The fraction of sp³-hybridized carbons (Fsp3) is 0. The van der Waals surface area contributed by atoms with Gasteiger partial charge in [0, 0.05) is 6.20 Å². The predicted octanol–water partition coefficient (Wildman–Crippen LogP) is 2.31. The van der Waals surface area contributed by atoms with Crippen LogP contribution in [0.1, 0.15) is 0 Å². The molecule has 2 nitrogen and oxygen atoms in total. The minimum absolute atomic E-state index is 0. The number of nitrogens with one attached hydrogen (secondary N) is 1. The fourth-order valence-corrected chi connectivity index (χ4v) is 1.17. The number of fused-ring (bicyclic) bond motifs is 1. The van der Waals surface area contributed by atoms with Crippen LogP contribution < -0.4 is 5.73 Å². The Hall–Kier alpha value is -1.22. The molecule has 0 radical (unpaired) electrons. The smallest absolute Gasteiger partial charge is 0.134 e. The van der Waals surface area contributed by atoms with E-state index in [4.69, 9.17) is 5.73 Å². The number of nitrogen functional groups attached to an aromatic ring is 1. The normalized spacial score (nSPS) is 9.75. The zero-order chi connectivity index (χ0) is 7.84. The van der Waals surface area contributed by atoms with Crippen molar-refractivity contribution in [3.8, 4) is 0 Å². The van der Waals surface area contributed by atoms with Gasteiger partial charge in [0.2, 0.25) is 0 Å². The highest BCUT2D eigenvalue weighted by Gasteiger charge is 2.03. The Morgan fingerprint density at radius 1 is 1.33 bits per heavy atom. The van der Waals surface area contributed by atoms with E-state index in [-0.39, 0.29) is 18.2 Å². The number of hydrogen-bond donors (Lipinski definition) is 2. The highest BCUT2D eigenvalue weighted by atomic mass is 35.5. The van der Waals surface area contributed by atoms with Crippen LogP contribution in [-0.2, 0) is 0 Å². The molecular weight excluding hydrogens is 179 g/mol. The summed E-state index contributed by atoms with van der Waals surface area (Å²) in [6, 6.07) is 4.83. The van der Waals surface area contributed by atoms with Crippen molar-refractivity contribution in [3.63, 3.8) is 0 Å². The van der Waals surface area contributed by atoms with Crippen LogP contribution in [0.3, 0.4) is 0 Å². The molecule has 0 aliphatic heterocycles. The van der Waals surface area contributed by atoms with Crippen molar-refractivity contribution in [1.82, 2.24) is 4.98 Å². The average molecular weight is 187 g/mol. The van der Waals surface area contributed by atoms with Crippen LogP contribution in [0.2, 0.25) is 0 Å². The molecule has 1 aromatic heterocycles. The lowest BCUT2D eigenvalue weighted by atomic mass is 10.2. The number of nitrogens with two attached hydrogens (primary N) is 1. The molecule has 0 unspecified atom stereocenters. The minimum atomic E-state index is -0.277. The predicted molar refractivity (Wildman–Crippen MR) is 49.9 cm³/mol. The molecule has 2 aromatic rings. The maximum atomic E-state index is 13.0. The zero-order valence-corrected chi connectivity index (χ0v) is 6.99. The molecule has 0 spiro atoms.